The summed E-state index contributed by atoms with van der Waals surface area (Å²) in [5.74, 6) is 9.43. The maximum absolute atomic E-state index is 3.36. The van der Waals surface area contributed by atoms with Crippen molar-refractivity contribution in [3.8, 4) is 11.8 Å². The zero-order chi connectivity index (χ0) is 11.8. The Morgan fingerprint density at radius 3 is 2.47 bits per heavy atom. The number of piperidine rings is 1. The summed E-state index contributed by atoms with van der Waals surface area (Å²) in [5, 5.41) is 0. The maximum Gasteiger partial charge on any atom is 0.0601 e. The molecule has 2 saturated heterocycles. The van der Waals surface area contributed by atoms with Gasteiger partial charge in [0.15, 0.2) is 0 Å². The van der Waals surface area contributed by atoms with E-state index in [0.717, 1.165) is 17.5 Å². The maximum atomic E-state index is 3.36. The number of hydrogen-bond donors (Lipinski definition) is 0. The third-order valence-corrected chi connectivity index (χ3v) is 6.36. The van der Waals surface area contributed by atoms with Gasteiger partial charge in [-0.15, -0.1) is 29.4 Å². The van der Waals surface area contributed by atoms with Gasteiger partial charge in [0, 0.05) is 6.42 Å². The van der Waals surface area contributed by atoms with Crippen LogP contribution >= 0.6 is 23.5 Å². The monoisotopic (exact) mass is 269 g/mol. The topological polar surface area (TPSA) is 3.24 Å². The predicted molar refractivity (Wildman–Crippen MR) is 80.6 cm³/mol. The molecule has 1 nitrogen and oxygen atoms in total. The van der Waals surface area contributed by atoms with Crippen molar-refractivity contribution >= 4 is 23.5 Å². The van der Waals surface area contributed by atoms with Crippen molar-refractivity contribution < 1.29 is 0 Å². The summed E-state index contributed by atoms with van der Waals surface area (Å²) in [6, 6.07) is 0. The van der Waals surface area contributed by atoms with Gasteiger partial charge >= 0.3 is 0 Å². The summed E-state index contributed by atoms with van der Waals surface area (Å²) in [6.07, 6.45) is 7.93. The molecule has 0 N–H and O–H groups in total. The van der Waals surface area contributed by atoms with Crippen molar-refractivity contribution in [1.29, 1.82) is 0 Å². The smallest absolute Gasteiger partial charge is 0.0601 e. The molecule has 2 heterocycles. The molecule has 0 bridgehead atoms. The van der Waals surface area contributed by atoms with Gasteiger partial charge in [0.1, 0.15) is 0 Å². The molecule has 0 aromatic heterocycles. The summed E-state index contributed by atoms with van der Waals surface area (Å²) in [5.41, 5.74) is 0. The summed E-state index contributed by atoms with van der Waals surface area (Å²) in [4.78, 5) is 2.50. The van der Waals surface area contributed by atoms with Crippen LogP contribution in [0.2, 0.25) is 0 Å². The molecule has 2 rings (SSSR count). The summed E-state index contributed by atoms with van der Waals surface area (Å²) in [6.45, 7) is 3.54. The Labute approximate surface area is 114 Å². The quantitative estimate of drug-likeness (QED) is 0.723. The number of hydrogen-bond acceptors (Lipinski definition) is 3. The minimum absolute atomic E-state index is 0.827. The highest BCUT2D eigenvalue weighted by atomic mass is 32.2. The van der Waals surface area contributed by atoms with E-state index in [4.69, 9.17) is 0 Å². The van der Waals surface area contributed by atoms with Gasteiger partial charge in [-0.1, -0.05) is 12.3 Å². The average Bonchev–Trinajstić information content (AvgIpc) is 2.41. The predicted octanol–water partition coefficient (Wildman–Crippen LogP) is 3.45. The molecular formula is C14H23NS2. The summed E-state index contributed by atoms with van der Waals surface area (Å²) < 4.78 is 0.827. The lowest BCUT2D eigenvalue weighted by atomic mass is 10.1. The molecule has 96 valence electrons. The van der Waals surface area contributed by atoms with Gasteiger partial charge in [-0.05, 0) is 50.3 Å². The van der Waals surface area contributed by atoms with Crippen LogP contribution in [0.5, 0.6) is 0 Å². The molecule has 0 amide bonds. The lowest BCUT2D eigenvalue weighted by Gasteiger charge is -2.23. The second-order valence-electron chi connectivity index (χ2n) is 4.75. The fourth-order valence-electron chi connectivity index (χ4n) is 2.27. The van der Waals surface area contributed by atoms with Crippen LogP contribution in [0, 0.1) is 11.8 Å². The molecule has 0 unspecified atom stereocenters. The zero-order valence-corrected chi connectivity index (χ0v) is 12.3. The number of rotatable bonds is 3. The van der Waals surface area contributed by atoms with Crippen molar-refractivity contribution in [2.24, 2.45) is 0 Å². The first kappa shape index (κ1) is 13.6. The molecule has 0 atom stereocenters. The van der Waals surface area contributed by atoms with Gasteiger partial charge in [0.25, 0.3) is 0 Å². The second-order valence-corrected chi connectivity index (χ2v) is 7.67. The Morgan fingerprint density at radius 2 is 1.71 bits per heavy atom. The molecular weight excluding hydrogens is 246 g/mol. The number of thioether (sulfide) groups is 2. The van der Waals surface area contributed by atoms with Crippen LogP contribution in [0.1, 0.15) is 38.5 Å². The van der Waals surface area contributed by atoms with Crippen molar-refractivity contribution in [2.45, 2.75) is 43.1 Å². The van der Waals surface area contributed by atoms with Gasteiger partial charge in [0.2, 0.25) is 0 Å². The van der Waals surface area contributed by atoms with Gasteiger partial charge in [-0.3, -0.25) is 4.90 Å². The molecule has 2 aliphatic rings. The van der Waals surface area contributed by atoms with Crippen LogP contribution in [0.4, 0.5) is 0 Å². The van der Waals surface area contributed by atoms with E-state index in [9.17, 15) is 0 Å². The van der Waals surface area contributed by atoms with E-state index >= 15 is 0 Å². The van der Waals surface area contributed by atoms with Crippen LogP contribution in [0.25, 0.3) is 0 Å². The molecule has 17 heavy (non-hydrogen) atoms. The van der Waals surface area contributed by atoms with Crippen molar-refractivity contribution in [1.82, 2.24) is 4.90 Å². The summed E-state index contributed by atoms with van der Waals surface area (Å²) in [7, 11) is 0. The largest absolute Gasteiger partial charge is 0.292 e. The highest BCUT2D eigenvalue weighted by Gasteiger charge is 2.13. The van der Waals surface area contributed by atoms with Crippen LogP contribution in [0.15, 0.2) is 0 Å². The van der Waals surface area contributed by atoms with Crippen LogP contribution < -0.4 is 0 Å². The Kier molecular flexibility index (Phi) is 6.70. The van der Waals surface area contributed by atoms with Crippen molar-refractivity contribution in [3.05, 3.63) is 0 Å². The van der Waals surface area contributed by atoms with Crippen LogP contribution in [0.3, 0.4) is 0 Å². The lowest BCUT2D eigenvalue weighted by molar-refractivity contribution is 0.255. The molecule has 3 heteroatoms. The normalized spacial score (nSPS) is 23.1. The van der Waals surface area contributed by atoms with E-state index in [1.54, 1.807) is 0 Å². The Morgan fingerprint density at radius 1 is 0.941 bits per heavy atom. The second kappa shape index (κ2) is 8.34. The first-order valence-electron chi connectivity index (χ1n) is 6.86. The number of likely N-dealkylation sites (tertiary alicyclic amines) is 1. The van der Waals surface area contributed by atoms with Crippen LogP contribution in [-0.2, 0) is 0 Å². The minimum Gasteiger partial charge on any atom is -0.292 e. The fraction of sp³-hybridized carbons (Fsp3) is 0.857. The molecule has 2 aliphatic heterocycles. The number of nitrogens with zero attached hydrogens (tertiary/aromatic N) is 1. The molecule has 0 aliphatic carbocycles. The van der Waals surface area contributed by atoms with E-state index < -0.39 is 0 Å². The Hall–Kier alpha value is 0.220. The Balaban J connectivity index is 1.54. The molecule has 0 saturated carbocycles. The third kappa shape index (κ3) is 5.59. The molecule has 2 fully saturated rings. The molecule has 0 spiro atoms. The third-order valence-electron chi connectivity index (χ3n) is 3.28. The summed E-state index contributed by atoms with van der Waals surface area (Å²) >= 11 is 4.27. The van der Waals surface area contributed by atoms with E-state index in [2.05, 4.69) is 40.3 Å². The highest BCUT2D eigenvalue weighted by Crippen LogP contribution is 2.33. The zero-order valence-electron chi connectivity index (χ0n) is 10.6. The molecule has 0 aromatic carbocycles. The van der Waals surface area contributed by atoms with Gasteiger partial charge in [-0.25, -0.2) is 0 Å². The van der Waals surface area contributed by atoms with E-state index in [-0.39, 0.29) is 0 Å². The van der Waals surface area contributed by atoms with E-state index in [1.807, 2.05) is 0 Å². The van der Waals surface area contributed by atoms with Gasteiger partial charge < -0.3 is 0 Å². The average molecular weight is 269 g/mol. The lowest BCUT2D eigenvalue weighted by Crippen LogP contribution is -2.29. The van der Waals surface area contributed by atoms with Crippen molar-refractivity contribution in [3.63, 3.8) is 0 Å². The first-order valence-corrected chi connectivity index (χ1v) is 8.96. The molecule has 0 aromatic rings. The standard InChI is InChI=1S/C14H23NS2/c1(3-8-14-16-12-7-13-17-14)4-9-15-10-5-2-6-11-15/h14H,2-3,5-13H2. The fourth-order valence-corrected chi connectivity index (χ4v) is 5.13. The Bertz CT molecular complexity index is 257. The van der Waals surface area contributed by atoms with E-state index in [1.165, 1.54) is 56.7 Å². The van der Waals surface area contributed by atoms with Gasteiger partial charge in [0.05, 0.1) is 11.1 Å². The first-order chi connectivity index (χ1) is 8.45. The van der Waals surface area contributed by atoms with Crippen molar-refractivity contribution in [2.75, 3.05) is 31.1 Å². The highest BCUT2D eigenvalue weighted by molar-refractivity contribution is 8.17. The van der Waals surface area contributed by atoms with Gasteiger partial charge in [-0.2, -0.15) is 0 Å². The van der Waals surface area contributed by atoms with Crippen LogP contribution in [-0.4, -0.2) is 40.6 Å². The molecule has 0 radical (unpaired) electrons. The SMILES string of the molecule is C(#CCN1CCCCC1)CCC1SCCCS1. The van der Waals surface area contributed by atoms with E-state index in [0.29, 0.717) is 0 Å². The minimum atomic E-state index is 0.827.